The fourth-order valence-electron chi connectivity index (χ4n) is 3.24. The minimum Gasteiger partial charge on any atom is -0.377 e. The third kappa shape index (κ3) is 4.00. The largest absolute Gasteiger partial charge is 0.377 e. The molecule has 0 N–H and O–H groups in total. The van der Waals surface area contributed by atoms with E-state index in [1.54, 1.807) is 18.4 Å². The monoisotopic (exact) mass is 369 g/mol. The molecule has 4 rings (SSSR count). The number of methoxy groups -OCH3 is 1. The maximum absolute atomic E-state index is 5.06. The van der Waals surface area contributed by atoms with Crippen LogP contribution in [0.2, 0.25) is 0 Å². The van der Waals surface area contributed by atoms with Gasteiger partial charge in [-0.2, -0.15) is 0 Å². The van der Waals surface area contributed by atoms with Crippen molar-refractivity contribution in [1.29, 1.82) is 0 Å². The summed E-state index contributed by atoms with van der Waals surface area (Å²) in [7, 11) is 1.66. The number of fused-ring (bicyclic) bond motifs is 1. The van der Waals surface area contributed by atoms with E-state index >= 15 is 0 Å². The molecule has 136 valence electrons. The molecular formula is C19H23N5OS. The topological polar surface area (TPSA) is 54.4 Å². The molecule has 0 unspecified atom stereocenters. The van der Waals surface area contributed by atoms with Crippen molar-refractivity contribution in [2.45, 2.75) is 19.6 Å². The molecule has 1 aromatic carbocycles. The zero-order valence-corrected chi connectivity index (χ0v) is 15.8. The first kappa shape index (κ1) is 17.3. The fraction of sp³-hybridized carbons (Fsp3) is 0.421. The van der Waals surface area contributed by atoms with Crippen molar-refractivity contribution >= 4 is 26.7 Å². The Labute approximate surface area is 157 Å². The molecule has 1 fully saturated rings. The van der Waals surface area contributed by atoms with E-state index in [0.717, 1.165) is 61.2 Å². The van der Waals surface area contributed by atoms with E-state index in [0.29, 0.717) is 6.61 Å². The van der Waals surface area contributed by atoms with E-state index in [1.165, 1.54) is 4.70 Å². The first-order valence-corrected chi connectivity index (χ1v) is 9.75. The number of ether oxygens (including phenoxy) is 1. The van der Waals surface area contributed by atoms with E-state index in [9.17, 15) is 0 Å². The quantitative estimate of drug-likeness (QED) is 0.689. The summed E-state index contributed by atoms with van der Waals surface area (Å²) in [6, 6.07) is 8.37. The Morgan fingerprint density at radius 2 is 1.92 bits per heavy atom. The maximum Gasteiger partial charge on any atom is 0.186 e. The summed E-state index contributed by atoms with van der Waals surface area (Å²) in [6.07, 6.45) is 4.97. The first-order chi connectivity index (χ1) is 12.8. The summed E-state index contributed by atoms with van der Waals surface area (Å²) in [6.45, 7) is 5.51. The lowest BCUT2D eigenvalue weighted by atomic mass is 10.3. The van der Waals surface area contributed by atoms with Gasteiger partial charge in [0.2, 0.25) is 0 Å². The summed E-state index contributed by atoms with van der Waals surface area (Å²) in [5.41, 5.74) is 2.25. The van der Waals surface area contributed by atoms with Crippen molar-refractivity contribution < 1.29 is 4.74 Å². The fourth-order valence-corrected chi connectivity index (χ4v) is 4.26. The standard InChI is InChI=1S/C19H23N5OS/c1-25-14-18-20-11-15(12-21-18)13-23-7-4-8-24(10-9-23)19-22-16-5-2-3-6-17(16)26-19/h2-3,5-6,11-12H,4,7-10,13-14H2,1H3. The maximum atomic E-state index is 5.06. The van der Waals surface area contributed by atoms with E-state index in [2.05, 4.69) is 44.0 Å². The van der Waals surface area contributed by atoms with Crippen LogP contribution in [-0.4, -0.2) is 53.1 Å². The molecule has 0 amide bonds. The molecule has 1 saturated heterocycles. The Morgan fingerprint density at radius 1 is 1.08 bits per heavy atom. The van der Waals surface area contributed by atoms with Gasteiger partial charge >= 0.3 is 0 Å². The van der Waals surface area contributed by atoms with Crippen LogP contribution in [0.1, 0.15) is 17.8 Å². The van der Waals surface area contributed by atoms with Crippen LogP contribution in [0.25, 0.3) is 10.2 Å². The van der Waals surface area contributed by atoms with E-state index in [-0.39, 0.29) is 0 Å². The Bertz CT molecular complexity index is 818. The molecule has 0 radical (unpaired) electrons. The molecule has 3 heterocycles. The summed E-state index contributed by atoms with van der Waals surface area (Å²) in [4.78, 5) is 18.4. The lowest BCUT2D eigenvalue weighted by Crippen LogP contribution is -2.30. The number of thiazole rings is 1. The lowest BCUT2D eigenvalue weighted by Gasteiger charge is -2.21. The van der Waals surface area contributed by atoms with Gasteiger partial charge in [-0.25, -0.2) is 15.0 Å². The second-order valence-corrected chi connectivity index (χ2v) is 7.53. The van der Waals surface area contributed by atoms with Gasteiger partial charge in [0, 0.05) is 57.8 Å². The lowest BCUT2D eigenvalue weighted by molar-refractivity contribution is 0.177. The molecule has 26 heavy (non-hydrogen) atoms. The average molecular weight is 369 g/mol. The molecule has 0 aliphatic carbocycles. The SMILES string of the molecule is COCc1ncc(CN2CCCN(c3nc4ccccc4s3)CC2)cn1. The van der Waals surface area contributed by atoms with Crippen LogP contribution in [0.15, 0.2) is 36.7 Å². The van der Waals surface area contributed by atoms with Crippen LogP contribution in [0.5, 0.6) is 0 Å². The summed E-state index contributed by atoms with van der Waals surface area (Å²) in [5.74, 6) is 0.731. The number of para-hydroxylation sites is 1. The molecule has 2 aromatic heterocycles. The summed E-state index contributed by atoms with van der Waals surface area (Å²) >= 11 is 1.79. The zero-order chi connectivity index (χ0) is 17.8. The molecule has 0 saturated carbocycles. The number of benzene rings is 1. The van der Waals surface area contributed by atoms with E-state index < -0.39 is 0 Å². The molecule has 1 aliphatic heterocycles. The van der Waals surface area contributed by atoms with Crippen LogP contribution in [0.3, 0.4) is 0 Å². The van der Waals surface area contributed by atoms with Crippen LogP contribution in [0.4, 0.5) is 5.13 Å². The second kappa shape index (κ2) is 8.07. The molecule has 3 aromatic rings. The number of anilines is 1. The van der Waals surface area contributed by atoms with Gasteiger partial charge < -0.3 is 9.64 Å². The smallest absolute Gasteiger partial charge is 0.186 e. The number of aromatic nitrogens is 3. The van der Waals surface area contributed by atoms with Crippen molar-refractivity contribution in [3.8, 4) is 0 Å². The highest BCUT2D eigenvalue weighted by molar-refractivity contribution is 7.22. The van der Waals surface area contributed by atoms with Crippen molar-refractivity contribution in [3.05, 3.63) is 48.0 Å². The van der Waals surface area contributed by atoms with Crippen molar-refractivity contribution in [2.24, 2.45) is 0 Å². The highest BCUT2D eigenvalue weighted by Gasteiger charge is 2.18. The third-order valence-electron chi connectivity index (χ3n) is 4.58. The molecule has 7 heteroatoms. The Morgan fingerprint density at radius 3 is 2.73 bits per heavy atom. The molecule has 0 bridgehead atoms. The number of hydrogen-bond acceptors (Lipinski definition) is 7. The van der Waals surface area contributed by atoms with Gasteiger partial charge in [0.1, 0.15) is 6.61 Å². The Kier molecular flexibility index (Phi) is 5.38. The summed E-state index contributed by atoms with van der Waals surface area (Å²) < 4.78 is 6.33. The number of nitrogens with zero attached hydrogens (tertiary/aromatic N) is 5. The van der Waals surface area contributed by atoms with Gasteiger partial charge in [-0.3, -0.25) is 4.90 Å². The van der Waals surface area contributed by atoms with Gasteiger partial charge in [-0.1, -0.05) is 23.5 Å². The highest BCUT2D eigenvalue weighted by atomic mass is 32.1. The normalized spacial score (nSPS) is 16.1. The highest BCUT2D eigenvalue weighted by Crippen LogP contribution is 2.29. The van der Waals surface area contributed by atoms with Gasteiger partial charge in [0.25, 0.3) is 0 Å². The van der Waals surface area contributed by atoms with Crippen LogP contribution < -0.4 is 4.90 Å². The van der Waals surface area contributed by atoms with Crippen LogP contribution in [0, 0.1) is 0 Å². The van der Waals surface area contributed by atoms with Gasteiger partial charge in [0.15, 0.2) is 11.0 Å². The molecule has 1 aliphatic rings. The Balaban J connectivity index is 1.38. The predicted octanol–water partition coefficient (Wildman–Crippen LogP) is 2.95. The first-order valence-electron chi connectivity index (χ1n) is 8.93. The minimum absolute atomic E-state index is 0.459. The van der Waals surface area contributed by atoms with Crippen molar-refractivity contribution in [3.63, 3.8) is 0 Å². The summed E-state index contributed by atoms with van der Waals surface area (Å²) in [5, 5.41) is 1.14. The minimum atomic E-state index is 0.459. The molecule has 0 spiro atoms. The predicted molar refractivity (Wildman–Crippen MR) is 104 cm³/mol. The number of hydrogen-bond donors (Lipinski definition) is 0. The zero-order valence-electron chi connectivity index (χ0n) is 15.0. The van der Waals surface area contributed by atoms with E-state index in [4.69, 9.17) is 9.72 Å². The second-order valence-electron chi connectivity index (χ2n) is 6.52. The van der Waals surface area contributed by atoms with Gasteiger partial charge in [0.05, 0.1) is 10.2 Å². The van der Waals surface area contributed by atoms with Gasteiger partial charge in [-0.05, 0) is 18.6 Å². The average Bonchev–Trinajstić information content (AvgIpc) is 2.96. The Hall–Kier alpha value is -2.09. The van der Waals surface area contributed by atoms with Crippen molar-refractivity contribution in [2.75, 3.05) is 38.2 Å². The third-order valence-corrected chi connectivity index (χ3v) is 5.68. The molecule has 0 atom stereocenters. The molecular weight excluding hydrogens is 346 g/mol. The van der Waals surface area contributed by atoms with Gasteiger partial charge in [-0.15, -0.1) is 0 Å². The molecule has 6 nitrogen and oxygen atoms in total. The van der Waals surface area contributed by atoms with E-state index in [1.807, 2.05) is 12.4 Å². The van der Waals surface area contributed by atoms with Crippen molar-refractivity contribution in [1.82, 2.24) is 19.9 Å². The van der Waals surface area contributed by atoms with Crippen LogP contribution in [-0.2, 0) is 17.9 Å². The van der Waals surface area contributed by atoms with Crippen LogP contribution >= 0.6 is 11.3 Å². The number of rotatable bonds is 5.